The molecule has 0 bridgehead atoms. The van der Waals surface area contributed by atoms with Crippen LogP contribution in [0.5, 0.6) is 5.75 Å². The van der Waals surface area contributed by atoms with Gasteiger partial charge in [-0.1, -0.05) is 6.07 Å². The van der Waals surface area contributed by atoms with Crippen LogP contribution in [0.1, 0.15) is 15.9 Å². The van der Waals surface area contributed by atoms with Gasteiger partial charge in [0.15, 0.2) is 0 Å². The number of hydrogen-bond acceptors (Lipinski definition) is 2. The van der Waals surface area contributed by atoms with E-state index in [2.05, 4.69) is 31.9 Å². The summed E-state index contributed by atoms with van der Waals surface area (Å²) in [5, 5.41) is 8.90. The highest BCUT2D eigenvalue weighted by Crippen LogP contribution is 2.33. The van der Waals surface area contributed by atoms with Crippen molar-refractivity contribution in [1.82, 2.24) is 0 Å². The predicted octanol–water partition coefficient (Wildman–Crippen LogP) is 4.63. The maximum Gasteiger partial charge on any atom is 0.335 e. The molecule has 0 atom stereocenters. The van der Waals surface area contributed by atoms with Gasteiger partial charge in [0.1, 0.15) is 18.2 Å². The number of benzene rings is 2. The van der Waals surface area contributed by atoms with Crippen molar-refractivity contribution in [3.05, 3.63) is 62.3 Å². The highest BCUT2D eigenvalue weighted by Gasteiger charge is 2.11. The molecule has 0 spiro atoms. The van der Waals surface area contributed by atoms with E-state index in [0.717, 1.165) is 15.0 Å². The number of hydrogen-bond donors (Lipinski definition) is 1. The Bertz CT molecular complexity index is 639. The lowest BCUT2D eigenvalue weighted by Crippen LogP contribution is -2.03. The molecule has 0 unspecified atom stereocenters. The maximum atomic E-state index is 13.6. The zero-order chi connectivity index (χ0) is 14.7. The average Bonchev–Trinajstić information content (AvgIpc) is 2.39. The maximum absolute atomic E-state index is 13.6. The molecule has 1 N–H and O–H groups in total. The van der Waals surface area contributed by atoms with Gasteiger partial charge in [0.25, 0.3) is 0 Å². The lowest BCUT2D eigenvalue weighted by atomic mass is 10.1. The number of carboxylic acids is 1. The fraction of sp³-hybridized carbons (Fsp3) is 0.0714. The van der Waals surface area contributed by atoms with Crippen LogP contribution < -0.4 is 4.74 Å². The van der Waals surface area contributed by atoms with Crippen LogP contribution in [0.25, 0.3) is 0 Å². The Balaban J connectivity index is 2.23. The SMILES string of the molecule is O=C(O)c1ccc(F)c(COc2c(Br)cccc2Br)c1. The minimum Gasteiger partial charge on any atom is -0.486 e. The molecule has 0 saturated heterocycles. The van der Waals surface area contributed by atoms with Crippen LogP contribution >= 0.6 is 31.9 Å². The molecule has 0 radical (unpaired) electrons. The quantitative estimate of drug-likeness (QED) is 0.809. The Morgan fingerprint density at radius 1 is 1.20 bits per heavy atom. The van der Waals surface area contributed by atoms with Gasteiger partial charge in [0, 0.05) is 5.56 Å². The monoisotopic (exact) mass is 402 g/mol. The summed E-state index contributed by atoms with van der Waals surface area (Å²) < 4.78 is 20.6. The summed E-state index contributed by atoms with van der Waals surface area (Å²) >= 11 is 6.67. The summed E-state index contributed by atoms with van der Waals surface area (Å²) in [5.41, 5.74) is 0.212. The molecular weight excluding hydrogens is 395 g/mol. The number of rotatable bonds is 4. The van der Waals surface area contributed by atoms with Crippen molar-refractivity contribution in [2.45, 2.75) is 6.61 Å². The van der Waals surface area contributed by atoms with Crippen molar-refractivity contribution in [2.75, 3.05) is 0 Å². The smallest absolute Gasteiger partial charge is 0.335 e. The summed E-state index contributed by atoms with van der Waals surface area (Å²) in [5.74, 6) is -1.07. The fourth-order valence-electron chi connectivity index (χ4n) is 1.59. The standard InChI is InChI=1S/C14H9Br2FO3/c15-10-2-1-3-11(16)13(10)20-7-9-6-8(14(18)19)4-5-12(9)17/h1-6H,7H2,(H,18,19). The molecule has 2 rings (SSSR count). The number of halogens is 3. The van der Waals surface area contributed by atoms with Crippen molar-refractivity contribution in [1.29, 1.82) is 0 Å². The molecule has 0 heterocycles. The Morgan fingerprint density at radius 2 is 1.85 bits per heavy atom. The lowest BCUT2D eigenvalue weighted by molar-refractivity contribution is 0.0696. The van der Waals surface area contributed by atoms with Crippen molar-refractivity contribution in [3.8, 4) is 5.75 Å². The van der Waals surface area contributed by atoms with Gasteiger partial charge in [-0.3, -0.25) is 0 Å². The zero-order valence-electron chi connectivity index (χ0n) is 10.1. The van der Waals surface area contributed by atoms with Crippen molar-refractivity contribution in [3.63, 3.8) is 0 Å². The summed E-state index contributed by atoms with van der Waals surface area (Å²) in [6.45, 7) is -0.0613. The van der Waals surface area contributed by atoms with Gasteiger partial charge in [-0.2, -0.15) is 0 Å². The van der Waals surface area contributed by atoms with Crippen LogP contribution in [0.3, 0.4) is 0 Å². The van der Waals surface area contributed by atoms with Crippen LogP contribution in [0.2, 0.25) is 0 Å². The molecule has 0 aliphatic heterocycles. The van der Waals surface area contributed by atoms with Crippen LogP contribution in [0.15, 0.2) is 45.3 Å². The van der Waals surface area contributed by atoms with Crippen molar-refractivity contribution in [2.24, 2.45) is 0 Å². The second-order valence-corrected chi connectivity index (χ2v) is 5.66. The first-order valence-electron chi connectivity index (χ1n) is 5.57. The highest BCUT2D eigenvalue weighted by atomic mass is 79.9. The molecule has 20 heavy (non-hydrogen) atoms. The van der Waals surface area contributed by atoms with E-state index in [1.165, 1.54) is 12.1 Å². The Hall–Kier alpha value is -1.40. The summed E-state index contributed by atoms with van der Waals surface area (Å²) in [4.78, 5) is 10.9. The molecule has 2 aromatic rings. The van der Waals surface area contributed by atoms with E-state index in [1.807, 2.05) is 6.07 Å². The van der Waals surface area contributed by atoms with E-state index in [4.69, 9.17) is 9.84 Å². The van der Waals surface area contributed by atoms with Gasteiger partial charge >= 0.3 is 5.97 Å². The van der Waals surface area contributed by atoms with Gasteiger partial charge in [0.2, 0.25) is 0 Å². The van der Waals surface area contributed by atoms with E-state index in [-0.39, 0.29) is 17.7 Å². The van der Waals surface area contributed by atoms with Gasteiger partial charge in [-0.25, -0.2) is 9.18 Å². The first-order valence-corrected chi connectivity index (χ1v) is 7.16. The molecule has 0 aromatic heterocycles. The molecule has 2 aromatic carbocycles. The summed E-state index contributed by atoms with van der Waals surface area (Å²) in [6.07, 6.45) is 0. The number of carbonyl (C=O) groups is 1. The number of aromatic carboxylic acids is 1. The largest absolute Gasteiger partial charge is 0.486 e. The third kappa shape index (κ3) is 3.37. The van der Waals surface area contributed by atoms with Crippen molar-refractivity contribution >= 4 is 37.8 Å². The van der Waals surface area contributed by atoms with Crippen molar-refractivity contribution < 1.29 is 19.0 Å². The van der Waals surface area contributed by atoms with E-state index in [0.29, 0.717) is 5.75 Å². The summed E-state index contributed by atoms with van der Waals surface area (Å²) in [6, 6.07) is 9.02. The Kier molecular flexibility index (Phi) is 4.77. The van der Waals surface area contributed by atoms with Gasteiger partial charge < -0.3 is 9.84 Å². The first-order chi connectivity index (χ1) is 9.49. The number of ether oxygens (including phenoxy) is 1. The van der Waals surface area contributed by atoms with E-state index in [1.54, 1.807) is 12.1 Å². The summed E-state index contributed by atoms with van der Waals surface area (Å²) in [7, 11) is 0. The van der Waals surface area contributed by atoms with Crippen LogP contribution in [0, 0.1) is 5.82 Å². The average molecular weight is 404 g/mol. The molecule has 104 valence electrons. The topological polar surface area (TPSA) is 46.5 Å². The zero-order valence-corrected chi connectivity index (χ0v) is 13.2. The second-order valence-electron chi connectivity index (χ2n) is 3.95. The fourth-order valence-corrected chi connectivity index (χ4v) is 2.82. The normalized spacial score (nSPS) is 10.3. The molecular formula is C14H9Br2FO3. The molecule has 3 nitrogen and oxygen atoms in total. The Morgan fingerprint density at radius 3 is 2.45 bits per heavy atom. The number of para-hydroxylation sites is 1. The molecule has 0 saturated carbocycles. The highest BCUT2D eigenvalue weighted by molar-refractivity contribution is 9.11. The van der Waals surface area contributed by atoms with Crippen LogP contribution in [-0.4, -0.2) is 11.1 Å². The van der Waals surface area contributed by atoms with Crippen LogP contribution in [-0.2, 0) is 6.61 Å². The van der Waals surface area contributed by atoms with Crippen LogP contribution in [0.4, 0.5) is 4.39 Å². The molecule has 0 aliphatic rings. The van der Waals surface area contributed by atoms with E-state index >= 15 is 0 Å². The molecule has 0 amide bonds. The third-order valence-corrected chi connectivity index (χ3v) is 3.83. The van der Waals surface area contributed by atoms with E-state index < -0.39 is 11.8 Å². The third-order valence-electron chi connectivity index (χ3n) is 2.58. The minimum absolute atomic E-state index is 0.0243. The molecule has 0 fully saturated rings. The number of carboxylic acid groups (broad SMARTS) is 1. The predicted molar refractivity (Wildman–Crippen MR) is 79.5 cm³/mol. The molecule has 6 heteroatoms. The minimum atomic E-state index is -1.10. The second kappa shape index (κ2) is 6.37. The first kappa shape index (κ1) is 15.0. The Labute approximate surface area is 131 Å². The van der Waals surface area contributed by atoms with E-state index in [9.17, 15) is 9.18 Å². The lowest BCUT2D eigenvalue weighted by Gasteiger charge is -2.11. The van der Waals surface area contributed by atoms with Gasteiger partial charge in [0.05, 0.1) is 14.5 Å². The molecule has 0 aliphatic carbocycles. The van der Waals surface area contributed by atoms with Gasteiger partial charge in [-0.15, -0.1) is 0 Å². The van der Waals surface area contributed by atoms with Gasteiger partial charge in [-0.05, 0) is 62.2 Å².